The largest absolute Gasteiger partial charge is 0.480 e. The molecule has 1 aromatic carbocycles. The number of nitrogens with one attached hydrogen (secondary N) is 1. The van der Waals surface area contributed by atoms with Gasteiger partial charge in [0.25, 0.3) is 0 Å². The summed E-state index contributed by atoms with van der Waals surface area (Å²) in [6.45, 7) is 1.28. The molecule has 0 aliphatic carbocycles. The Bertz CT molecular complexity index is 846. The number of alkyl halides is 2. The highest BCUT2D eigenvalue weighted by atomic mass is 35.5. The molecule has 12 N–H and O–H groups in total. The van der Waals surface area contributed by atoms with Crippen molar-refractivity contribution in [3.8, 4) is 0 Å². The first kappa shape index (κ1) is 37.2. The molecule has 0 saturated carbocycles. The van der Waals surface area contributed by atoms with Gasteiger partial charge in [-0.2, -0.15) is 0 Å². The maximum atomic E-state index is 10.4. The van der Waals surface area contributed by atoms with Crippen molar-refractivity contribution >= 4 is 52.9 Å². The molecule has 1 aromatic rings. The first-order valence-corrected chi connectivity index (χ1v) is 12.6. The van der Waals surface area contributed by atoms with E-state index in [1.54, 1.807) is 0 Å². The predicted molar refractivity (Wildman–Crippen MR) is 146 cm³/mol. The van der Waals surface area contributed by atoms with E-state index in [1.807, 2.05) is 30.3 Å². The summed E-state index contributed by atoms with van der Waals surface area (Å²) in [6.07, 6.45) is 3.12. The number of carbonyl (C=O) groups is 4. The SMILES string of the molecule is NC(N)=NCCC[C@H](N)C(=O)O.N[C@H](Cc1ccccc1)C(=O)O.O=C(CCl)CCl.O=C(O)[C@@H]1CCCN1. The minimum absolute atomic E-state index is 0.0129. The van der Waals surface area contributed by atoms with E-state index < -0.39 is 30.0 Å². The third-order valence-corrected chi connectivity index (χ3v) is 5.15. The monoisotopic (exact) mass is 580 g/mol. The summed E-state index contributed by atoms with van der Waals surface area (Å²) in [4.78, 5) is 44.3. The van der Waals surface area contributed by atoms with Crippen LogP contribution in [0.1, 0.15) is 31.2 Å². The minimum atomic E-state index is -1.00. The lowest BCUT2D eigenvalue weighted by atomic mass is 10.1. The fourth-order valence-electron chi connectivity index (χ4n) is 2.53. The summed E-state index contributed by atoms with van der Waals surface area (Å²) in [7, 11) is 0. The molecule has 1 heterocycles. The van der Waals surface area contributed by atoms with Gasteiger partial charge in [-0.05, 0) is 44.2 Å². The van der Waals surface area contributed by atoms with Crippen LogP contribution in [0.4, 0.5) is 0 Å². The van der Waals surface area contributed by atoms with Crippen molar-refractivity contribution in [1.29, 1.82) is 0 Å². The van der Waals surface area contributed by atoms with E-state index in [9.17, 15) is 19.2 Å². The second-order valence-electron chi connectivity index (χ2n) is 7.82. The molecule has 1 aliphatic rings. The molecule has 3 atom stereocenters. The Labute approximate surface area is 231 Å². The molecule has 0 spiro atoms. The number of carboxylic acids is 3. The molecule has 15 heteroatoms. The molecular formula is C23H38Cl2N6O7. The molecule has 0 aromatic heterocycles. The van der Waals surface area contributed by atoms with E-state index in [-0.39, 0.29) is 29.5 Å². The topological polar surface area (TPSA) is 257 Å². The predicted octanol–water partition coefficient (Wildman–Crippen LogP) is -0.0510. The molecule has 2 rings (SSSR count). The number of halogens is 2. The smallest absolute Gasteiger partial charge is 0.320 e. The van der Waals surface area contributed by atoms with Gasteiger partial charge in [0.05, 0.1) is 11.8 Å². The molecule has 1 aliphatic heterocycles. The normalized spacial score (nSPS) is 15.0. The van der Waals surface area contributed by atoms with Crippen LogP contribution in [0.3, 0.4) is 0 Å². The van der Waals surface area contributed by atoms with Crippen molar-refractivity contribution in [2.45, 2.75) is 50.2 Å². The van der Waals surface area contributed by atoms with E-state index in [0.717, 1.165) is 24.9 Å². The van der Waals surface area contributed by atoms with Gasteiger partial charge in [0.1, 0.15) is 18.1 Å². The van der Waals surface area contributed by atoms with Crippen LogP contribution in [0.25, 0.3) is 0 Å². The Balaban J connectivity index is 0. The zero-order chi connectivity index (χ0) is 29.5. The zero-order valence-corrected chi connectivity index (χ0v) is 22.5. The number of ketones is 1. The van der Waals surface area contributed by atoms with Gasteiger partial charge in [0, 0.05) is 6.54 Å². The number of aliphatic imine (C=N–C) groups is 1. The molecule has 0 unspecified atom stereocenters. The number of rotatable bonds is 11. The van der Waals surface area contributed by atoms with Gasteiger partial charge < -0.3 is 43.6 Å². The van der Waals surface area contributed by atoms with Crippen LogP contribution in [0.5, 0.6) is 0 Å². The first-order valence-electron chi connectivity index (χ1n) is 11.5. The molecule has 38 heavy (non-hydrogen) atoms. The van der Waals surface area contributed by atoms with Crippen molar-refractivity contribution in [1.82, 2.24) is 5.32 Å². The van der Waals surface area contributed by atoms with Crippen LogP contribution in [-0.2, 0) is 25.6 Å². The minimum Gasteiger partial charge on any atom is -0.480 e. The quantitative estimate of drug-likeness (QED) is 0.0740. The Kier molecular flexibility index (Phi) is 22.7. The average Bonchev–Trinajstić information content (AvgIpc) is 3.43. The number of aliphatic carboxylic acids is 3. The van der Waals surface area contributed by atoms with Crippen LogP contribution >= 0.6 is 23.2 Å². The Morgan fingerprint density at radius 1 is 0.974 bits per heavy atom. The van der Waals surface area contributed by atoms with E-state index >= 15 is 0 Å². The number of guanidine groups is 1. The number of carboxylic acid groups (broad SMARTS) is 3. The lowest BCUT2D eigenvalue weighted by molar-refractivity contribution is -0.139. The maximum Gasteiger partial charge on any atom is 0.320 e. The molecule has 0 radical (unpaired) electrons. The lowest BCUT2D eigenvalue weighted by Crippen LogP contribution is -2.32. The highest BCUT2D eigenvalue weighted by Gasteiger charge is 2.20. The van der Waals surface area contributed by atoms with Gasteiger partial charge >= 0.3 is 17.9 Å². The molecular weight excluding hydrogens is 543 g/mol. The van der Waals surface area contributed by atoms with Crippen LogP contribution < -0.4 is 28.3 Å². The second-order valence-corrected chi connectivity index (χ2v) is 8.36. The van der Waals surface area contributed by atoms with E-state index in [0.29, 0.717) is 25.8 Å². The molecule has 1 saturated heterocycles. The molecule has 0 bridgehead atoms. The standard InChI is InChI=1S/C9H11NO2.C6H14N4O2.C5H9NO2.C3H4Cl2O/c10-8(9(11)12)6-7-4-2-1-3-5-7;7-4(5(11)12)2-1-3-10-6(8)9;7-5(8)4-2-1-3-6-4;4-1-3(6)2-5/h1-5,8H,6,10H2,(H,11,12);4H,1-3,7H2,(H,11,12)(H4,8,9,10);4,6H,1-3H2,(H,7,8);1-2H2/t8-;2*4-;/m100./s1. The zero-order valence-electron chi connectivity index (χ0n) is 21.0. The maximum absolute atomic E-state index is 10.4. The van der Waals surface area contributed by atoms with Crippen molar-refractivity contribution in [2.75, 3.05) is 24.8 Å². The van der Waals surface area contributed by atoms with E-state index in [4.69, 9.17) is 61.5 Å². The second kappa shape index (κ2) is 23.2. The van der Waals surface area contributed by atoms with Crippen LogP contribution in [0, 0.1) is 0 Å². The van der Waals surface area contributed by atoms with Gasteiger partial charge in [0.15, 0.2) is 11.7 Å². The number of carbonyl (C=O) groups excluding carboxylic acids is 1. The highest BCUT2D eigenvalue weighted by molar-refractivity contribution is 6.35. The van der Waals surface area contributed by atoms with E-state index in [1.165, 1.54) is 0 Å². The summed E-state index contributed by atoms with van der Waals surface area (Å²) in [5.74, 6) is -2.73. The summed E-state index contributed by atoms with van der Waals surface area (Å²) in [5, 5.41) is 28.1. The number of hydrogen-bond donors (Lipinski definition) is 8. The lowest BCUT2D eigenvalue weighted by Gasteiger charge is -2.04. The number of nitrogens with zero attached hydrogens (tertiary/aromatic N) is 1. The molecule has 0 amide bonds. The Morgan fingerprint density at radius 2 is 1.53 bits per heavy atom. The number of nitrogens with two attached hydrogens (primary N) is 4. The highest BCUT2D eigenvalue weighted by Crippen LogP contribution is 2.03. The van der Waals surface area contributed by atoms with Crippen LogP contribution in [0.15, 0.2) is 35.3 Å². The van der Waals surface area contributed by atoms with Crippen LogP contribution in [0.2, 0.25) is 0 Å². The Hall–Kier alpha value is -2.97. The van der Waals surface area contributed by atoms with Crippen molar-refractivity contribution in [3.05, 3.63) is 35.9 Å². The van der Waals surface area contributed by atoms with Gasteiger partial charge in [-0.3, -0.25) is 24.2 Å². The molecule has 13 nitrogen and oxygen atoms in total. The summed E-state index contributed by atoms with van der Waals surface area (Å²) in [5.41, 5.74) is 21.6. The van der Waals surface area contributed by atoms with Crippen molar-refractivity contribution in [3.63, 3.8) is 0 Å². The summed E-state index contributed by atoms with van der Waals surface area (Å²) < 4.78 is 0. The Morgan fingerprint density at radius 3 is 1.87 bits per heavy atom. The number of hydrogen-bond acceptors (Lipinski definition) is 8. The molecule has 216 valence electrons. The van der Waals surface area contributed by atoms with Crippen LogP contribution in [-0.4, -0.2) is 87.9 Å². The van der Waals surface area contributed by atoms with Crippen molar-refractivity contribution < 1.29 is 34.5 Å². The third kappa shape index (κ3) is 22.2. The van der Waals surface area contributed by atoms with Gasteiger partial charge in [0.2, 0.25) is 0 Å². The van der Waals surface area contributed by atoms with Crippen molar-refractivity contribution in [2.24, 2.45) is 27.9 Å². The summed E-state index contributed by atoms with van der Waals surface area (Å²) in [6, 6.07) is 7.46. The molecule has 1 fully saturated rings. The van der Waals surface area contributed by atoms with E-state index in [2.05, 4.69) is 10.3 Å². The fraction of sp³-hybridized carbons (Fsp3) is 0.522. The summed E-state index contributed by atoms with van der Waals surface area (Å²) >= 11 is 10.0. The van der Waals surface area contributed by atoms with Gasteiger partial charge in [-0.15, -0.1) is 23.2 Å². The van der Waals surface area contributed by atoms with Gasteiger partial charge in [-0.1, -0.05) is 30.3 Å². The average molecular weight is 581 g/mol. The first-order chi connectivity index (χ1) is 17.8. The fourth-order valence-corrected chi connectivity index (χ4v) is 2.81. The van der Waals surface area contributed by atoms with Gasteiger partial charge in [-0.25, -0.2) is 0 Å². The third-order valence-electron chi connectivity index (χ3n) is 4.56. The number of benzene rings is 1. The number of Topliss-reactive ketones (excluding diaryl/α,β-unsaturated/α-hetero) is 1.